The largest absolute Gasteiger partial charge is 0.371 e. The van der Waals surface area contributed by atoms with E-state index in [1.165, 1.54) is 24.8 Å². The molecule has 2 heterocycles. The van der Waals surface area contributed by atoms with Gasteiger partial charge in [-0.3, -0.25) is 0 Å². The predicted molar refractivity (Wildman–Crippen MR) is 36.3 cm³/mol. The fraction of sp³-hybridized carbons (Fsp3) is 0.750. The van der Waals surface area contributed by atoms with E-state index in [1.54, 1.807) is 0 Å². The first-order valence-corrected chi connectivity index (χ1v) is 3.67. The van der Waals surface area contributed by atoms with Crippen LogP contribution < -0.4 is 0 Å². The minimum atomic E-state index is 0.476. The van der Waals surface area contributed by atoms with Crippen LogP contribution in [0.4, 0.5) is 0 Å². The third kappa shape index (κ3) is 0.897. The van der Waals surface area contributed by atoms with Crippen LogP contribution in [0.25, 0.3) is 0 Å². The maximum absolute atomic E-state index is 5.59. The summed E-state index contributed by atoms with van der Waals surface area (Å²) in [5.74, 6) is 0. The summed E-state index contributed by atoms with van der Waals surface area (Å²) in [6, 6.07) is 0. The molecule has 9 heavy (non-hydrogen) atoms. The predicted octanol–water partition coefficient (Wildman–Crippen LogP) is 1.88. The van der Waals surface area contributed by atoms with Crippen molar-refractivity contribution in [1.82, 2.24) is 0 Å². The van der Waals surface area contributed by atoms with Crippen LogP contribution in [-0.4, -0.2) is 12.2 Å². The third-order valence-corrected chi connectivity index (χ3v) is 2.16. The fourth-order valence-corrected chi connectivity index (χ4v) is 1.75. The molecule has 1 fully saturated rings. The zero-order valence-corrected chi connectivity index (χ0v) is 5.76. The Kier molecular flexibility index (Phi) is 1.12. The molecule has 0 N–H and O–H groups in total. The van der Waals surface area contributed by atoms with E-state index in [0.29, 0.717) is 12.2 Å². The van der Waals surface area contributed by atoms with Crippen LogP contribution in [0.1, 0.15) is 26.2 Å². The SMILES string of the molecule is CC1=CC2CC[C@H](C1)O2. The molecule has 0 saturated carbocycles. The number of fused-ring (bicyclic) bond motifs is 2. The molecular formula is C8H12O. The number of ether oxygens (including phenoxy) is 1. The van der Waals surface area contributed by atoms with Gasteiger partial charge in [-0.25, -0.2) is 0 Å². The molecule has 1 saturated heterocycles. The lowest BCUT2D eigenvalue weighted by Gasteiger charge is -2.17. The summed E-state index contributed by atoms with van der Waals surface area (Å²) >= 11 is 0. The highest BCUT2D eigenvalue weighted by Crippen LogP contribution is 2.30. The molecule has 0 amide bonds. The molecule has 2 rings (SSSR count). The first-order chi connectivity index (χ1) is 4.34. The second kappa shape index (κ2) is 1.84. The summed E-state index contributed by atoms with van der Waals surface area (Å²) in [5.41, 5.74) is 1.52. The molecule has 1 heteroatoms. The molecule has 0 aromatic heterocycles. The molecule has 0 aromatic carbocycles. The minimum Gasteiger partial charge on any atom is -0.371 e. The smallest absolute Gasteiger partial charge is 0.0763 e. The molecule has 0 aromatic rings. The topological polar surface area (TPSA) is 9.23 Å². The average molecular weight is 124 g/mol. The standard InChI is InChI=1S/C8H12O/c1-6-4-7-2-3-8(5-6)9-7/h4,7-8H,2-3,5H2,1H3/t7?,8-/m1/s1. The summed E-state index contributed by atoms with van der Waals surface area (Å²) in [6.45, 7) is 2.20. The van der Waals surface area contributed by atoms with E-state index in [4.69, 9.17) is 4.74 Å². The molecule has 2 aliphatic rings. The highest BCUT2D eigenvalue weighted by Gasteiger charge is 2.27. The third-order valence-electron chi connectivity index (χ3n) is 2.16. The van der Waals surface area contributed by atoms with Gasteiger partial charge < -0.3 is 4.74 Å². The van der Waals surface area contributed by atoms with Crippen LogP contribution in [0.3, 0.4) is 0 Å². The lowest BCUT2D eigenvalue weighted by Crippen LogP contribution is -2.14. The molecule has 2 bridgehead atoms. The molecule has 1 nitrogen and oxygen atoms in total. The molecular weight excluding hydrogens is 112 g/mol. The van der Waals surface area contributed by atoms with Crippen molar-refractivity contribution in [1.29, 1.82) is 0 Å². The zero-order chi connectivity index (χ0) is 6.27. The maximum atomic E-state index is 5.59. The van der Waals surface area contributed by atoms with Gasteiger partial charge >= 0.3 is 0 Å². The van der Waals surface area contributed by atoms with Crippen LogP contribution in [-0.2, 0) is 4.74 Å². The molecule has 1 unspecified atom stereocenters. The van der Waals surface area contributed by atoms with Crippen LogP contribution >= 0.6 is 0 Å². The van der Waals surface area contributed by atoms with Gasteiger partial charge in [0.25, 0.3) is 0 Å². The van der Waals surface area contributed by atoms with E-state index in [1.807, 2.05) is 0 Å². The van der Waals surface area contributed by atoms with E-state index < -0.39 is 0 Å². The van der Waals surface area contributed by atoms with Gasteiger partial charge in [0.05, 0.1) is 12.2 Å². The van der Waals surface area contributed by atoms with E-state index in [2.05, 4.69) is 13.0 Å². The van der Waals surface area contributed by atoms with Gasteiger partial charge in [-0.2, -0.15) is 0 Å². The number of hydrogen-bond acceptors (Lipinski definition) is 1. The van der Waals surface area contributed by atoms with E-state index in [0.717, 1.165) is 0 Å². The summed E-state index contributed by atoms with van der Waals surface area (Å²) in [7, 11) is 0. The van der Waals surface area contributed by atoms with Gasteiger partial charge in [0.1, 0.15) is 0 Å². The quantitative estimate of drug-likeness (QED) is 0.448. The monoisotopic (exact) mass is 124 g/mol. The zero-order valence-electron chi connectivity index (χ0n) is 5.76. The van der Waals surface area contributed by atoms with E-state index in [-0.39, 0.29) is 0 Å². The minimum absolute atomic E-state index is 0.476. The van der Waals surface area contributed by atoms with Gasteiger partial charge in [0, 0.05) is 0 Å². The van der Waals surface area contributed by atoms with Crippen LogP contribution in [0.5, 0.6) is 0 Å². The first-order valence-electron chi connectivity index (χ1n) is 3.67. The number of rotatable bonds is 0. The Morgan fingerprint density at radius 2 is 2.44 bits per heavy atom. The van der Waals surface area contributed by atoms with Gasteiger partial charge in [0.15, 0.2) is 0 Å². The second-order valence-electron chi connectivity index (χ2n) is 3.09. The lowest BCUT2D eigenvalue weighted by atomic mass is 10.1. The van der Waals surface area contributed by atoms with Crippen molar-refractivity contribution in [3.8, 4) is 0 Å². The Morgan fingerprint density at radius 1 is 1.56 bits per heavy atom. The highest BCUT2D eigenvalue weighted by atomic mass is 16.5. The van der Waals surface area contributed by atoms with Crippen molar-refractivity contribution >= 4 is 0 Å². The van der Waals surface area contributed by atoms with Crippen LogP contribution in [0.2, 0.25) is 0 Å². The Hall–Kier alpha value is -0.300. The van der Waals surface area contributed by atoms with Gasteiger partial charge in [-0.15, -0.1) is 0 Å². The Balaban J connectivity index is 2.19. The van der Waals surface area contributed by atoms with E-state index in [9.17, 15) is 0 Å². The fourth-order valence-electron chi connectivity index (χ4n) is 1.75. The Bertz CT molecular complexity index is 149. The second-order valence-corrected chi connectivity index (χ2v) is 3.09. The average Bonchev–Trinajstić information content (AvgIpc) is 2.11. The van der Waals surface area contributed by atoms with Gasteiger partial charge in [-0.1, -0.05) is 11.6 Å². The molecule has 0 radical (unpaired) electrons. The van der Waals surface area contributed by atoms with Crippen molar-refractivity contribution in [2.75, 3.05) is 0 Å². The van der Waals surface area contributed by atoms with Crippen molar-refractivity contribution in [3.63, 3.8) is 0 Å². The summed E-state index contributed by atoms with van der Waals surface area (Å²) < 4.78 is 5.59. The molecule has 0 aliphatic carbocycles. The molecule has 2 aliphatic heterocycles. The van der Waals surface area contributed by atoms with Crippen LogP contribution in [0, 0.1) is 0 Å². The summed E-state index contributed by atoms with van der Waals surface area (Å²) in [4.78, 5) is 0. The van der Waals surface area contributed by atoms with Crippen molar-refractivity contribution in [2.24, 2.45) is 0 Å². The lowest BCUT2D eigenvalue weighted by molar-refractivity contribution is 0.0608. The number of hydrogen-bond donors (Lipinski definition) is 0. The normalized spacial score (nSPS) is 40.8. The summed E-state index contributed by atoms with van der Waals surface area (Å²) in [5, 5.41) is 0. The Morgan fingerprint density at radius 3 is 3.22 bits per heavy atom. The highest BCUT2D eigenvalue weighted by molar-refractivity contribution is 5.10. The molecule has 0 spiro atoms. The summed E-state index contributed by atoms with van der Waals surface area (Å²) in [6.07, 6.45) is 7.02. The van der Waals surface area contributed by atoms with E-state index >= 15 is 0 Å². The van der Waals surface area contributed by atoms with Crippen LogP contribution in [0.15, 0.2) is 11.6 Å². The van der Waals surface area contributed by atoms with Crippen molar-refractivity contribution < 1.29 is 4.74 Å². The maximum Gasteiger partial charge on any atom is 0.0763 e. The van der Waals surface area contributed by atoms with Gasteiger partial charge in [-0.05, 0) is 26.2 Å². The Labute approximate surface area is 55.7 Å². The van der Waals surface area contributed by atoms with Crippen molar-refractivity contribution in [2.45, 2.75) is 38.4 Å². The molecule has 2 atom stereocenters. The van der Waals surface area contributed by atoms with Crippen molar-refractivity contribution in [3.05, 3.63) is 11.6 Å². The first kappa shape index (κ1) is 5.48. The molecule has 50 valence electrons. The van der Waals surface area contributed by atoms with Gasteiger partial charge in [0.2, 0.25) is 0 Å².